The van der Waals surface area contributed by atoms with Crippen molar-refractivity contribution < 1.29 is 14.6 Å². The Labute approximate surface area is 221 Å². The molecule has 0 radical (unpaired) electrons. The SMILES string of the molecule is CCCCCCCCOCOCCCC(C)CC(C)CC(C)CC(C)CC(C)CC(C)CC(C)O. The van der Waals surface area contributed by atoms with E-state index < -0.39 is 0 Å². The summed E-state index contributed by atoms with van der Waals surface area (Å²) >= 11 is 0. The zero-order valence-electron chi connectivity index (χ0n) is 25.3. The molecule has 0 saturated carbocycles. The maximum atomic E-state index is 9.61. The van der Waals surface area contributed by atoms with E-state index in [1.54, 1.807) is 0 Å². The van der Waals surface area contributed by atoms with Crippen LogP contribution in [0.4, 0.5) is 0 Å². The first-order valence-corrected chi connectivity index (χ1v) is 15.5. The predicted octanol–water partition coefficient (Wildman–Crippen LogP) is 9.66. The Bertz CT molecular complexity index is 439. The van der Waals surface area contributed by atoms with Crippen LogP contribution in [0.25, 0.3) is 0 Å². The summed E-state index contributed by atoms with van der Waals surface area (Å²) in [6.45, 7) is 20.8. The second-order valence-corrected chi connectivity index (χ2v) is 12.7. The first-order chi connectivity index (χ1) is 16.6. The highest BCUT2D eigenvalue weighted by molar-refractivity contribution is 4.69. The minimum absolute atomic E-state index is 0.167. The summed E-state index contributed by atoms with van der Waals surface area (Å²) in [6.07, 6.45) is 17.6. The summed E-state index contributed by atoms with van der Waals surface area (Å²) in [5.74, 6) is 4.56. The molecule has 0 saturated heterocycles. The average Bonchev–Trinajstić information content (AvgIpc) is 2.73. The molecule has 0 aliphatic rings. The van der Waals surface area contributed by atoms with Gasteiger partial charge in [0.1, 0.15) is 6.79 Å². The fraction of sp³-hybridized carbons (Fsp3) is 1.00. The first kappa shape index (κ1) is 34.9. The lowest BCUT2D eigenvalue weighted by Crippen LogP contribution is -2.14. The molecule has 0 fully saturated rings. The first-order valence-electron chi connectivity index (χ1n) is 15.5. The van der Waals surface area contributed by atoms with Gasteiger partial charge in [-0.15, -0.1) is 0 Å². The Morgan fingerprint density at radius 2 is 0.886 bits per heavy atom. The van der Waals surface area contributed by atoms with Crippen LogP contribution in [0.1, 0.15) is 145 Å². The standard InChI is InChI=1S/C32H66O3/c1-9-10-11-12-13-14-17-34-25-35-18-15-16-26(2)19-27(3)20-28(4)21-29(5)22-30(6)23-31(7)24-32(8)33/h26-33H,9-25H2,1-8H3. The zero-order valence-corrected chi connectivity index (χ0v) is 25.3. The van der Waals surface area contributed by atoms with E-state index in [0.29, 0.717) is 12.7 Å². The molecule has 0 aliphatic heterocycles. The normalized spacial score (nSPS) is 18.1. The second kappa shape index (κ2) is 23.0. The van der Waals surface area contributed by atoms with Gasteiger partial charge in [0.15, 0.2) is 0 Å². The summed E-state index contributed by atoms with van der Waals surface area (Å²) in [5, 5.41) is 9.61. The van der Waals surface area contributed by atoms with Crippen molar-refractivity contribution in [3.63, 3.8) is 0 Å². The van der Waals surface area contributed by atoms with E-state index in [1.165, 1.54) is 77.0 Å². The van der Waals surface area contributed by atoms with Gasteiger partial charge in [0.05, 0.1) is 6.10 Å². The molecule has 3 heteroatoms. The summed E-state index contributed by atoms with van der Waals surface area (Å²) in [5.41, 5.74) is 0. The Hall–Kier alpha value is -0.120. The van der Waals surface area contributed by atoms with Gasteiger partial charge in [-0.2, -0.15) is 0 Å². The number of aliphatic hydroxyl groups excluding tert-OH is 1. The van der Waals surface area contributed by atoms with Crippen molar-refractivity contribution in [3.8, 4) is 0 Å². The van der Waals surface area contributed by atoms with Crippen LogP contribution in [0.2, 0.25) is 0 Å². The van der Waals surface area contributed by atoms with E-state index >= 15 is 0 Å². The molecule has 7 atom stereocenters. The molecule has 0 aromatic carbocycles. The van der Waals surface area contributed by atoms with Crippen molar-refractivity contribution >= 4 is 0 Å². The van der Waals surface area contributed by atoms with E-state index in [0.717, 1.165) is 55.6 Å². The van der Waals surface area contributed by atoms with E-state index in [4.69, 9.17) is 9.47 Å². The third-order valence-electron chi connectivity index (χ3n) is 7.56. The van der Waals surface area contributed by atoms with E-state index in [-0.39, 0.29) is 6.10 Å². The molecule has 1 N–H and O–H groups in total. The average molecular weight is 499 g/mol. The fourth-order valence-electron chi connectivity index (χ4n) is 6.31. The molecule has 0 bridgehead atoms. The largest absolute Gasteiger partial charge is 0.393 e. The van der Waals surface area contributed by atoms with Gasteiger partial charge >= 0.3 is 0 Å². The van der Waals surface area contributed by atoms with Crippen LogP contribution < -0.4 is 0 Å². The highest BCUT2D eigenvalue weighted by Gasteiger charge is 2.18. The Balaban J connectivity index is 3.75. The number of rotatable bonds is 25. The summed E-state index contributed by atoms with van der Waals surface area (Å²) in [7, 11) is 0. The molecule has 0 aromatic heterocycles. The quantitative estimate of drug-likeness (QED) is 0.101. The van der Waals surface area contributed by atoms with Crippen molar-refractivity contribution in [2.45, 2.75) is 151 Å². The van der Waals surface area contributed by atoms with Crippen LogP contribution in [-0.4, -0.2) is 31.2 Å². The van der Waals surface area contributed by atoms with E-state index in [2.05, 4.69) is 48.5 Å². The lowest BCUT2D eigenvalue weighted by atomic mass is 9.81. The lowest BCUT2D eigenvalue weighted by molar-refractivity contribution is -0.0561. The molecular weight excluding hydrogens is 432 g/mol. The van der Waals surface area contributed by atoms with Crippen molar-refractivity contribution in [1.82, 2.24) is 0 Å². The van der Waals surface area contributed by atoms with Crippen LogP contribution in [0.3, 0.4) is 0 Å². The summed E-state index contributed by atoms with van der Waals surface area (Å²) < 4.78 is 11.3. The molecule has 212 valence electrons. The Kier molecular flexibility index (Phi) is 23.0. The van der Waals surface area contributed by atoms with Crippen LogP contribution >= 0.6 is 0 Å². The van der Waals surface area contributed by atoms with Crippen molar-refractivity contribution in [2.75, 3.05) is 20.0 Å². The van der Waals surface area contributed by atoms with Crippen LogP contribution in [-0.2, 0) is 9.47 Å². The van der Waals surface area contributed by atoms with Gasteiger partial charge in [0.25, 0.3) is 0 Å². The fourth-order valence-corrected chi connectivity index (χ4v) is 6.31. The molecular formula is C32H66O3. The van der Waals surface area contributed by atoms with Crippen molar-refractivity contribution in [1.29, 1.82) is 0 Å². The molecule has 0 rings (SSSR count). The molecule has 0 aliphatic carbocycles. The third kappa shape index (κ3) is 24.0. The van der Waals surface area contributed by atoms with Gasteiger partial charge in [0.2, 0.25) is 0 Å². The number of hydrogen-bond donors (Lipinski definition) is 1. The summed E-state index contributed by atoms with van der Waals surface area (Å²) in [6, 6.07) is 0. The van der Waals surface area contributed by atoms with Crippen LogP contribution in [0.5, 0.6) is 0 Å². The second-order valence-electron chi connectivity index (χ2n) is 12.7. The number of ether oxygens (including phenoxy) is 2. The molecule has 0 heterocycles. The van der Waals surface area contributed by atoms with Gasteiger partial charge in [-0.05, 0) is 100 Å². The molecule has 0 amide bonds. The van der Waals surface area contributed by atoms with Gasteiger partial charge in [-0.3, -0.25) is 0 Å². The maximum absolute atomic E-state index is 9.61. The molecule has 3 nitrogen and oxygen atoms in total. The highest BCUT2D eigenvalue weighted by Crippen LogP contribution is 2.29. The maximum Gasteiger partial charge on any atom is 0.146 e. The topological polar surface area (TPSA) is 38.7 Å². The van der Waals surface area contributed by atoms with Crippen molar-refractivity contribution in [3.05, 3.63) is 0 Å². The lowest BCUT2D eigenvalue weighted by Gasteiger charge is -2.25. The number of aliphatic hydroxyl groups is 1. The van der Waals surface area contributed by atoms with E-state index in [9.17, 15) is 5.11 Å². The number of hydrogen-bond acceptors (Lipinski definition) is 3. The highest BCUT2D eigenvalue weighted by atomic mass is 16.7. The number of unbranched alkanes of at least 4 members (excludes halogenated alkanes) is 5. The molecule has 35 heavy (non-hydrogen) atoms. The Morgan fingerprint density at radius 3 is 1.37 bits per heavy atom. The predicted molar refractivity (Wildman–Crippen MR) is 154 cm³/mol. The Morgan fingerprint density at radius 1 is 0.486 bits per heavy atom. The van der Waals surface area contributed by atoms with Gasteiger partial charge in [-0.1, -0.05) is 80.6 Å². The van der Waals surface area contributed by atoms with E-state index in [1.807, 2.05) is 6.92 Å². The minimum Gasteiger partial charge on any atom is -0.393 e. The smallest absolute Gasteiger partial charge is 0.146 e. The van der Waals surface area contributed by atoms with Crippen molar-refractivity contribution in [2.24, 2.45) is 35.5 Å². The summed E-state index contributed by atoms with van der Waals surface area (Å²) in [4.78, 5) is 0. The molecule has 0 aromatic rings. The van der Waals surface area contributed by atoms with Crippen LogP contribution in [0.15, 0.2) is 0 Å². The molecule has 0 spiro atoms. The monoisotopic (exact) mass is 499 g/mol. The molecule has 7 unspecified atom stereocenters. The van der Waals surface area contributed by atoms with Gasteiger partial charge in [0, 0.05) is 13.2 Å². The van der Waals surface area contributed by atoms with Gasteiger partial charge in [-0.25, -0.2) is 0 Å². The minimum atomic E-state index is -0.167. The van der Waals surface area contributed by atoms with Crippen LogP contribution in [0, 0.1) is 35.5 Å². The zero-order chi connectivity index (χ0) is 26.5. The third-order valence-corrected chi connectivity index (χ3v) is 7.56. The van der Waals surface area contributed by atoms with Gasteiger partial charge < -0.3 is 14.6 Å².